The first-order valence-corrected chi connectivity index (χ1v) is 13.7. The summed E-state index contributed by atoms with van der Waals surface area (Å²) in [5, 5.41) is 12.0. The van der Waals surface area contributed by atoms with Crippen LogP contribution in [0.5, 0.6) is 0 Å². The molecule has 6 aliphatic rings. The van der Waals surface area contributed by atoms with Gasteiger partial charge in [-0.25, -0.2) is 9.59 Å². The summed E-state index contributed by atoms with van der Waals surface area (Å²) in [5.74, 6) is -0.492. The minimum Gasteiger partial charge on any atom is -0.456 e. The number of esters is 2. The molecule has 6 rings (SSSR count). The molecule has 1 saturated carbocycles. The first kappa shape index (κ1) is 24.4. The zero-order valence-electron chi connectivity index (χ0n) is 22.5. The van der Waals surface area contributed by atoms with E-state index in [0.29, 0.717) is 12.0 Å². The van der Waals surface area contributed by atoms with Crippen LogP contribution in [0.2, 0.25) is 0 Å². The molecular formula is C30H40O6. The zero-order valence-corrected chi connectivity index (χ0v) is 22.5. The fourth-order valence-electron chi connectivity index (χ4n) is 9.14. The van der Waals surface area contributed by atoms with Gasteiger partial charge < -0.3 is 19.3 Å². The van der Waals surface area contributed by atoms with Crippen LogP contribution in [0.15, 0.2) is 34.9 Å². The molecule has 8 atom stereocenters. The van der Waals surface area contributed by atoms with Gasteiger partial charge in [0, 0.05) is 24.0 Å². The van der Waals surface area contributed by atoms with Gasteiger partial charge in [0.05, 0.1) is 0 Å². The molecule has 196 valence electrons. The van der Waals surface area contributed by atoms with Crippen LogP contribution in [0.3, 0.4) is 0 Å². The Morgan fingerprint density at radius 3 is 2.56 bits per heavy atom. The van der Waals surface area contributed by atoms with Crippen LogP contribution >= 0.6 is 0 Å². The van der Waals surface area contributed by atoms with Crippen LogP contribution in [0.1, 0.15) is 86.5 Å². The number of fused-ring (bicyclic) bond motifs is 3. The molecule has 36 heavy (non-hydrogen) atoms. The highest BCUT2D eigenvalue weighted by molar-refractivity contribution is 5.88. The number of hydrogen-bond donors (Lipinski definition) is 1. The Bertz CT molecular complexity index is 1130. The van der Waals surface area contributed by atoms with E-state index >= 15 is 0 Å². The topological polar surface area (TPSA) is 85.4 Å². The van der Waals surface area contributed by atoms with Gasteiger partial charge in [-0.2, -0.15) is 0 Å². The van der Waals surface area contributed by atoms with E-state index < -0.39 is 22.9 Å². The van der Waals surface area contributed by atoms with Crippen molar-refractivity contribution in [2.75, 3.05) is 0 Å². The summed E-state index contributed by atoms with van der Waals surface area (Å²) in [4.78, 5) is 24.6. The summed E-state index contributed by atoms with van der Waals surface area (Å²) in [6, 6.07) is 0. The Morgan fingerprint density at radius 1 is 1.08 bits per heavy atom. The molecule has 0 bridgehead atoms. The summed E-state index contributed by atoms with van der Waals surface area (Å²) < 4.78 is 18.1. The quantitative estimate of drug-likeness (QED) is 0.331. The predicted octanol–water partition coefficient (Wildman–Crippen LogP) is 4.95. The maximum absolute atomic E-state index is 12.3. The van der Waals surface area contributed by atoms with Gasteiger partial charge in [0.2, 0.25) is 0 Å². The third kappa shape index (κ3) is 3.03. The number of aliphatic hydroxyl groups is 1. The second-order valence-corrected chi connectivity index (χ2v) is 13.4. The van der Waals surface area contributed by atoms with Crippen LogP contribution in [0.25, 0.3) is 0 Å². The molecular weight excluding hydrogens is 456 g/mol. The lowest BCUT2D eigenvalue weighted by Gasteiger charge is -2.54. The second kappa shape index (κ2) is 7.35. The lowest BCUT2D eigenvalue weighted by molar-refractivity contribution is -0.178. The zero-order chi connectivity index (χ0) is 25.9. The molecule has 2 fully saturated rings. The van der Waals surface area contributed by atoms with Crippen molar-refractivity contribution < 1.29 is 28.9 Å². The Labute approximate surface area is 214 Å². The van der Waals surface area contributed by atoms with Crippen molar-refractivity contribution in [3.8, 4) is 0 Å². The Hall–Kier alpha value is -1.92. The summed E-state index contributed by atoms with van der Waals surface area (Å²) in [5.41, 5.74) is 1.17. The van der Waals surface area contributed by atoms with E-state index in [2.05, 4.69) is 13.8 Å². The third-order valence-corrected chi connectivity index (χ3v) is 11.4. The molecule has 0 aromatic rings. The predicted molar refractivity (Wildman–Crippen MR) is 134 cm³/mol. The lowest BCUT2D eigenvalue weighted by Crippen LogP contribution is -2.55. The van der Waals surface area contributed by atoms with Crippen LogP contribution < -0.4 is 0 Å². The summed E-state index contributed by atoms with van der Waals surface area (Å²) >= 11 is 0. The van der Waals surface area contributed by atoms with Gasteiger partial charge in [0.25, 0.3) is 0 Å². The molecule has 3 aliphatic carbocycles. The van der Waals surface area contributed by atoms with E-state index in [1.807, 2.05) is 32.9 Å². The first-order chi connectivity index (χ1) is 16.8. The van der Waals surface area contributed by atoms with E-state index in [0.717, 1.165) is 38.5 Å². The van der Waals surface area contributed by atoms with Crippen LogP contribution in [-0.2, 0) is 23.8 Å². The number of rotatable bonds is 2. The van der Waals surface area contributed by atoms with Gasteiger partial charge in [-0.15, -0.1) is 0 Å². The summed E-state index contributed by atoms with van der Waals surface area (Å²) in [7, 11) is 0. The first-order valence-electron chi connectivity index (χ1n) is 13.7. The van der Waals surface area contributed by atoms with Crippen molar-refractivity contribution in [1.29, 1.82) is 0 Å². The fourth-order valence-corrected chi connectivity index (χ4v) is 9.14. The van der Waals surface area contributed by atoms with Crippen molar-refractivity contribution in [3.05, 3.63) is 34.9 Å². The van der Waals surface area contributed by atoms with E-state index in [4.69, 9.17) is 14.2 Å². The van der Waals surface area contributed by atoms with E-state index in [-0.39, 0.29) is 40.7 Å². The monoisotopic (exact) mass is 496 g/mol. The van der Waals surface area contributed by atoms with E-state index in [1.165, 1.54) is 11.1 Å². The average molecular weight is 497 g/mol. The highest BCUT2D eigenvalue weighted by Crippen LogP contribution is 2.71. The van der Waals surface area contributed by atoms with Gasteiger partial charge in [0.1, 0.15) is 29.0 Å². The molecule has 3 heterocycles. The second-order valence-electron chi connectivity index (χ2n) is 13.4. The highest BCUT2D eigenvalue weighted by atomic mass is 16.6. The van der Waals surface area contributed by atoms with E-state index in [1.54, 1.807) is 13.0 Å². The molecule has 0 radical (unpaired) electrons. The molecule has 1 saturated heterocycles. The number of carbonyl (C=O) groups excluding carboxylic acids is 2. The number of epoxide rings is 1. The highest BCUT2D eigenvalue weighted by Gasteiger charge is 2.71. The number of hydrogen-bond acceptors (Lipinski definition) is 6. The fraction of sp³-hybridized carbons (Fsp3) is 0.733. The number of cyclic esters (lactones) is 2. The van der Waals surface area contributed by atoms with E-state index in [9.17, 15) is 14.7 Å². The molecule has 3 aliphatic heterocycles. The van der Waals surface area contributed by atoms with Gasteiger partial charge in [0.15, 0.2) is 0 Å². The van der Waals surface area contributed by atoms with Crippen molar-refractivity contribution in [1.82, 2.24) is 0 Å². The molecule has 0 aromatic heterocycles. The van der Waals surface area contributed by atoms with Crippen LogP contribution in [-0.4, -0.2) is 46.1 Å². The van der Waals surface area contributed by atoms with Gasteiger partial charge >= 0.3 is 11.9 Å². The minimum atomic E-state index is -1.11. The Balaban J connectivity index is 1.35. The van der Waals surface area contributed by atoms with Gasteiger partial charge in [-0.05, 0) is 94.6 Å². The largest absolute Gasteiger partial charge is 0.456 e. The van der Waals surface area contributed by atoms with Crippen molar-refractivity contribution in [2.24, 2.45) is 22.7 Å². The summed E-state index contributed by atoms with van der Waals surface area (Å²) in [6.45, 7) is 12.4. The molecule has 6 nitrogen and oxygen atoms in total. The molecule has 0 aromatic carbocycles. The summed E-state index contributed by atoms with van der Waals surface area (Å²) in [6.07, 6.45) is 11.1. The number of carbonyl (C=O) groups is 2. The molecule has 6 heteroatoms. The molecule has 1 N–H and O–H groups in total. The smallest absolute Gasteiger partial charge is 0.333 e. The minimum absolute atomic E-state index is 0.00151. The molecule has 0 amide bonds. The van der Waals surface area contributed by atoms with Crippen molar-refractivity contribution >= 4 is 11.9 Å². The van der Waals surface area contributed by atoms with Crippen LogP contribution in [0, 0.1) is 22.7 Å². The Morgan fingerprint density at radius 2 is 1.83 bits per heavy atom. The SMILES string of the molecule is CC1=CCC(C(C)(O)C2CCC3(C)C4=C(CCC23C)C2OC23C=CC(=O)OC(C)(C)C3CC4)OC1=O. The molecule has 8 unspecified atom stereocenters. The van der Waals surface area contributed by atoms with Crippen molar-refractivity contribution in [2.45, 2.75) is 115 Å². The van der Waals surface area contributed by atoms with Gasteiger partial charge in [-0.3, -0.25) is 0 Å². The van der Waals surface area contributed by atoms with Gasteiger partial charge in [-0.1, -0.05) is 25.5 Å². The number of allylic oxidation sites excluding steroid dienone is 1. The standard InChI is InChI=1S/C30H40O6/c1-17-7-10-22(34-25(17)32)29(6,33)21-12-15-27(4)19-8-9-20-26(2,3)35-23(31)13-16-30(20)24(36-30)18(19)11-14-28(21,27)5/h7,13,16,20-22,24,33H,8-12,14-15H2,1-6H3. The van der Waals surface area contributed by atoms with Crippen LogP contribution in [0.4, 0.5) is 0 Å². The normalized spacial score (nSPS) is 46.6. The average Bonchev–Trinajstić information content (AvgIpc) is 3.46. The number of ether oxygens (including phenoxy) is 3. The Kier molecular flexibility index (Phi) is 4.98. The third-order valence-electron chi connectivity index (χ3n) is 11.4. The maximum atomic E-state index is 12.3. The lowest BCUT2D eigenvalue weighted by atomic mass is 9.52. The van der Waals surface area contributed by atoms with Crippen molar-refractivity contribution in [3.63, 3.8) is 0 Å². The molecule has 1 spiro atoms. The maximum Gasteiger partial charge on any atom is 0.333 e.